The maximum absolute atomic E-state index is 12.6. The first-order valence-corrected chi connectivity index (χ1v) is 6.81. The van der Waals surface area contributed by atoms with E-state index in [2.05, 4.69) is 0 Å². The van der Waals surface area contributed by atoms with Gasteiger partial charge in [-0.25, -0.2) is 0 Å². The van der Waals surface area contributed by atoms with Crippen LogP contribution >= 0.6 is 0 Å². The van der Waals surface area contributed by atoms with Gasteiger partial charge in [-0.1, -0.05) is 12.1 Å². The lowest BCUT2D eigenvalue weighted by Crippen LogP contribution is -2.37. The van der Waals surface area contributed by atoms with Gasteiger partial charge in [-0.3, -0.25) is 9.59 Å². The molecule has 1 aliphatic heterocycles. The molecule has 5 nitrogen and oxygen atoms in total. The van der Waals surface area contributed by atoms with Crippen molar-refractivity contribution >= 4 is 11.9 Å². The average Bonchev–Trinajstić information content (AvgIpc) is 2.81. The number of carbonyl (C=O) groups excluding carboxylic acids is 1. The van der Waals surface area contributed by atoms with Gasteiger partial charge in [0.1, 0.15) is 5.75 Å². The van der Waals surface area contributed by atoms with Gasteiger partial charge in [0.15, 0.2) is 0 Å². The fraction of sp³-hybridized carbons (Fsp3) is 0.467. The maximum atomic E-state index is 12.6. The van der Waals surface area contributed by atoms with Crippen molar-refractivity contribution in [3.63, 3.8) is 0 Å². The molecule has 0 bridgehead atoms. The van der Waals surface area contributed by atoms with Crippen molar-refractivity contribution in [2.75, 3.05) is 13.2 Å². The van der Waals surface area contributed by atoms with E-state index in [1.165, 1.54) is 0 Å². The third-order valence-electron chi connectivity index (χ3n) is 3.75. The standard InChI is InChI=1S/C15H19NO4/c1-3-20-13-7-5-4-6-12(13)14(17)16-9-8-11(10(16)2)15(18)19/h4-7,10-11H,3,8-9H2,1-2H3,(H,18,19). The maximum Gasteiger partial charge on any atom is 0.308 e. The molecule has 5 heteroatoms. The highest BCUT2D eigenvalue weighted by atomic mass is 16.5. The molecule has 0 aliphatic carbocycles. The zero-order valence-electron chi connectivity index (χ0n) is 11.7. The first kappa shape index (κ1) is 14.4. The summed E-state index contributed by atoms with van der Waals surface area (Å²) < 4.78 is 5.46. The van der Waals surface area contributed by atoms with Crippen LogP contribution in [0.1, 0.15) is 30.6 Å². The lowest BCUT2D eigenvalue weighted by Gasteiger charge is -2.24. The van der Waals surface area contributed by atoms with E-state index in [0.717, 1.165) is 0 Å². The topological polar surface area (TPSA) is 66.8 Å². The zero-order valence-corrected chi connectivity index (χ0v) is 11.7. The Labute approximate surface area is 118 Å². The number of para-hydroxylation sites is 1. The van der Waals surface area contributed by atoms with Crippen LogP contribution in [-0.2, 0) is 4.79 Å². The molecule has 1 heterocycles. The molecule has 1 N–H and O–H groups in total. The Bertz CT molecular complexity index is 514. The minimum atomic E-state index is -0.842. The molecular formula is C15H19NO4. The second-order valence-corrected chi connectivity index (χ2v) is 4.90. The Morgan fingerprint density at radius 1 is 1.40 bits per heavy atom. The molecule has 0 radical (unpaired) electrons. The van der Waals surface area contributed by atoms with E-state index in [4.69, 9.17) is 9.84 Å². The van der Waals surface area contributed by atoms with Crippen molar-refractivity contribution in [1.29, 1.82) is 0 Å². The number of ether oxygens (including phenoxy) is 1. The van der Waals surface area contributed by atoms with Crippen LogP contribution in [0.15, 0.2) is 24.3 Å². The quantitative estimate of drug-likeness (QED) is 0.914. The van der Waals surface area contributed by atoms with Crippen LogP contribution in [-0.4, -0.2) is 41.1 Å². The molecule has 108 valence electrons. The van der Waals surface area contributed by atoms with Crippen LogP contribution in [0, 0.1) is 5.92 Å². The largest absolute Gasteiger partial charge is 0.493 e. The lowest BCUT2D eigenvalue weighted by atomic mass is 10.0. The smallest absolute Gasteiger partial charge is 0.308 e. The number of hydrogen-bond donors (Lipinski definition) is 1. The van der Waals surface area contributed by atoms with Gasteiger partial charge in [-0.05, 0) is 32.4 Å². The lowest BCUT2D eigenvalue weighted by molar-refractivity contribution is -0.142. The number of amides is 1. The van der Waals surface area contributed by atoms with Crippen LogP contribution in [0.25, 0.3) is 0 Å². The summed E-state index contributed by atoms with van der Waals surface area (Å²) >= 11 is 0. The van der Waals surface area contributed by atoms with Gasteiger partial charge in [0.2, 0.25) is 0 Å². The summed E-state index contributed by atoms with van der Waals surface area (Å²) in [4.78, 5) is 25.3. The first-order valence-electron chi connectivity index (χ1n) is 6.81. The fourth-order valence-electron chi connectivity index (χ4n) is 2.64. The van der Waals surface area contributed by atoms with Gasteiger partial charge in [0.25, 0.3) is 5.91 Å². The summed E-state index contributed by atoms with van der Waals surface area (Å²) in [6.07, 6.45) is 0.499. The third kappa shape index (κ3) is 2.61. The molecule has 0 saturated carbocycles. The number of rotatable bonds is 4. The highest BCUT2D eigenvalue weighted by Crippen LogP contribution is 2.28. The minimum Gasteiger partial charge on any atom is -0.493 e. The average molecular weight is 277 g/mol. The Morgan fingerprint density at radius 3 is 2.70 bits per heavy atom. The third-order valence-corrected chi connectivity index (χ3v) is 3.75. The predicted octanol–water partition coefficient (Wildman–Crippen LogP) is 2.02. The molecule has 0 spiro atoms. The number of aliphatic carboxylic acids is 1. The normalized spacial score (nSPS) is 21.8. The number of carbonyl (C=O) groups is 2. The molecule has 1 aliphatic rings. The van der Waals surface area contributed by atoms with Gasteiger partial charge < -0.3 is 14.7 Å². The molecule has 2 rings (SSSR count). The molecule has 1 aromatic carbocycles. The van der Waals surface area contributed by atoms with E-state index in [9.17, 15) is 9.59 Å². The number of hydrogen-bond acceptors (Lipinski definition) is 3. The number of benzene rings is 1. The van der Waals surface area contributed by atoms with Crippen LogP contribution in [0.4, 0.5) is 0 Å². The Kier molecular flexibility index (Phi) is 4.27. The molecule has 1 saturated heterocycles. The highest BCUT2D eigenvalue weighted by molar-refractivity contribution is 5.97. The van der Waals surface area contributed by atoms with Gasteiger partial charge in [-0.15, -0.1) is 0 Å². The van der Waals surface area contributed by atoms with Gasteiger partial charge in [-0.2, -0.15) is 0 Å². The molecule has 20 heavy (non-hydrogen) atoms. The Hall–Kier alpha value is -2.04. The summed E-state index contributed by atoms with van der Waals surface area (Å²) in [6.45, 7) is 4.60. The van der Waals surface area contributed by atoms with E-state index in [1.807, 2.05) is 13.0 Å². The summed E-state index contributed by atoms with van der Waals surface area (Å²) in [6, 6.07) is 6.77. The summed E-state index contributed by atoms with van der Waals surface area (Å²) in [7, 11) is 0. The van der Waals surface area contributed by atoms with Crippen molar-refractivity contribution in [2.45, 2.75) is 26.3 Å². The summed E-state index contributed by atoms with van der Waals surface area (Å²) in [5.41, 5.74) is 0.493. The molecule has 0 aromatic heterocycles. The molecule has 1 fully saturated rings. The van der Waals surface area contributed by atoms with E-state index in [-0.39, 0.29) is 11.9 Å². The monoisotopic (exact) mass is 277 g/mol. The zero-order chi connectivity index (χ0) is 14.7. The molecular weight excluding hydrogens is 258 g/mol. The molecule has 2 atom stereocenters. The van der Waals surface area contributed by atoms with Gasteiger partial charge in [0.05, 0.1) is 18.1 Å². The van der Waals surface area contributed by atoms with Crippen molar-refractivity contribution in [3.8, 4) is 5.75 Å². The molecule has 1 aromatic rings. The number of carboxylic acid groups (broad SMARTS) is 1. The van der Waals surface area contributed by atoms with Crippen LogP contribution < -0.4 is 4.74 Å². The Balaban J connectivity index is 2.22. The van der Waals surface area contributed by atoms with E-state index in [1.54, 1.807) is 30.0 Å². The van der Waals surface area contributed by atoms with Crippen LogP contribution in [0.3, 0.4) is 0 Å². The van der Waals surface area contributed by atoms with E-state index < -0.39 is 11.9 Å². The van der Waals surface area contributed by atoms with Crippen molar-refractivity contribution in [2.24, 2.45) is 5.92 Å². The predicted molar refractivity (Wildman–Crippen MR) is 73.9 cm³/mol. The van der Waals surface area contributed by atoms with Crippen molar-refractivity contribution < 1.29 is 19.4 Å². The number of carboxylic acids is 1. The minimum absolute atomic E-state index is 0.162. The Morgan fingerprint density at radius 2 is 2.10 bits per heavy atom. The van der Waals surface area contributed by atoms with E-state index in [0.29, 0.717) is 30.9 Å². The van der Waals surface area contributed by atoms with Gasteiger partial charge in [0, 0.05) is 12.6 Å². The van der Waals surface area contributed by atoms with Crippen molar-refractivity contribution in [1.82, 2.24) is 4.90 Å². The van der Waals surface area contributed by atoms with Crippen molar-refractivity contribution in [3.05, 3.63) is 29.8 Å². The fourth-order valence-corrected chi connectivity index (χ4v) is 2.64. The first-order chi connectivity index (χ1) is 9.56. The number of nitrogens with zero attached hydrogens (tertiary/aromatic N) is 1. The SMILES string of the molecule is CCOc1ccccc1C(=O)N1CCC(C(=O)O)C1C. The molecule has 2 unspecified atom stereocenters. The summed E-state index contributed by atoms with van der Waals surface area (Å²) in [5, 5.41) is 9.13. The second-order valence-electron chi connectivity index (χ2n) is 4.90. The van der Waals surface area contributed by atoms with Gasteiger partial charge >= 0.3 is 5.97 Å². The second kappa shape index (κ2) is 5.94. The van der Waals surface area contributed by atoms with Crippen LogP contribution in [0.5, 0.6) is 5.75 Å². The highest BCUT2D eigenvalue weighted by Gasteiger charge is 2.38. The summed E-state index contributed by atoms with van der Waals surface area (Å²) in [5.74, 6) is -0.944. The van der Waals surface area contributed by atoms with Crippen LogP contribution in [0.2, 0.25) is 0 Å². The molecule has 1 amide bonds. The van der Waals surface area contributed by atoms with E-state index >= 15 is 0 Å². The number of likely N-dealkylation sites (tertiary alicyclic amines) is 1.